The highest BCUT2D eigenvalue weighted by atomic mass is 79.9. The van der Waals surface area contributed by atoms with Gasteiger partial charge in [0.25, 0.3) is 0 Å². The van der Waals surface area contributed by atoms with Crippen LogP contribution in [0.15, 0.2) is 58.1 Å². The number of hydrazone groups is 1. The maximum Gasteiger partial charge on any atom is 0.332 e. The van der Waals surface area contributed by atoms with Crippen molar-refractivity contribution in [3.63, 3.8) is 0 Å². The van der Waals surface area contributed by atoms with Crippen LogP contribution >= 0.6 is 15.9 Å². The van der Waals surface area contributed by atoms with E-state index in [0.717, 1.165) is 21.5 Å². The molecule has 2 rings (SSSR count). The number of benzene rings is 2. The number of nitrogens with two attached hydrogens (primary N) is 1. The number of halogens is 1. The zero-order valence-corrected chi connectivity index (χ0v) is 12.9. The molecule has 108 valence electrons. The number of urea groups is 1. The second-order valence-electron chi connectivity index (χ2n) is 4.25. The first-order chi connectivity index (χ1) is 10.0. The molecule has 0 radical (unpaired) electrons. The zero-order chi connectivity index (χ0) is 15.2. The minimum atomic E-state index is -0.690. The molecule has 0 aromatic heterocycles. The van der Waals surface area contributed by atoms with Crippen LogP contribution in [0.2, 0.25) is 0 Å². The highest BCUT2D eigenvalue weighted by molar-refractivity contribution is 9.10. The van der Waals surface area contributed by atoms with Crippen LogP contribution in [0, 0.1) is 0 Å². The molecule has 0 atom stereocenters. The molecule has 0 bridgehead atoms. The summed E-state index contributed by atoms with van der Waals surface area (Å²) in [4.78, 5) is 10.6. The van der Waals surface area contributed by atoms with Crippen molar-refractivity contribution in [3.05, 3.63) is 58.6 Å². The molecule has 0 spiro atoms. The lowest BCUT2D eigenvalue weighted by molar-refractivity contribution is 0.249. The van der Waals surface area contributed by atoms with Gasteiger partial charge in [0.15, 0.2) is 0 Å². The van der Waals surface area contributed by atoms with E-state index in [1.807, 2.05) is 48.5 Å². The van der Waals surface area contributed by atoms with Gasteiger partial charge in [-0.2, -0.15) is 5.10 Å². The van der Waals surface area contributed by atoms with Crippen LogP contribution < -0.4 is 15.9 Å². The van der Waals surface area contributed by atoms with E-state index in [2.05, 4.69) is 26.5 Å². The standard InChI is InChI=1S/C15H14BrN3O2/c1-10(18-19-15(17)20)11-2-6-13(7-3-11)21-14-8-4-12(16)5-9-14/h2-9H,1H3,(H3,17,19,20). The average Bonchev–Trinajstić information content (AvgIpc) is 2.48. The van der Waals surface area contributed by atoms with Crippen molar-refractivity contribution in [2.45, 2.75) is 6.92 Å². The second-order valence-corrected chi connectivity index (χ2v) is 5.17. The van der Waals surface area contributed by atoms with Crippen molar-refractivity contribution in [1.82, 2.24) is 5.43 Å². The van der Waals surface area contributed by atoms with Crippen molar-refractivity contribution in [2.75, 3.05) is 0 Å². The molecule has 0 saturated carbocycles. The minimum Gasteiger partial charge on any atom is -0.457 e. The Labute approximate surface area is 130 Å². The van der Waals surface area contributed by atoms with Crippen molar-refractivity contribution in [3.8, 4) is 11.5 Å². The van der Waals surface area contributed by atoms with Gasteiger partial charge in [-0.05, 0) is 61.0 Å². The molecule has 2 amide bonds. The number of rotatable bonds is 4. The molecular weight excluding hydrogens is 334 g/mol. The third-order valence-corrected chi connectivity index (χ3v) is 3.18. The Kier molecular flexibility index (Phi) is 4.94. The fraction of sp³-hybridized carbons (Fsp3) is 0.0667. The quantitative estimate of drug-likeness (QED) is 0.654. The van der Waals surface area contributed by atoms with Crippen molar-refractivity contribution < 1.29 is 9.53 Å². The summed E-state index contributed by atoms with van der Waals surface area (Å²) in [6, 6.07) is 14.3. The fourth-order valence-corrected chi connectivity index (χ4v) is 1.87. The first-order valence-corrected chi connectivity index (χ1v) is 6.97. The summed E-state index contributed by atoms with van der Waals surface area (Å²) in [5.41, 5.74) is 8.68. The van der Waals surface area contributed by atoms with Gasteiger partial charge in [-0.3, -0.25) is 0 Å². The van der Waals surface area contributed by atoms with Crippen LogP contribution in [-0.2, 0) is 0 Å². The number of carbonyl (C=O) groups excluding carboxylic acids is 1. The Morgan fingerprint density at radius 3 is 2.14 bits per heavy atom. The number of primary amides is 1. The van der Waals surface area contributed by atoms with E-state index < -0.39 is 6.03 Å². The van der Waals surface area contributed by atoms with E-state index in [-0.39, 0.29) is 0 Å². The van der Waals surface area contributed by atoms with Gasteiger partial charge in [-0.15, -0.1) is 0 Å². The molecule has 3 N–H and O–H groups in total. The van der Waals surface area contributed by atoms with Gasteiger partial charge in [0.1, 0.15) is 11.5 Å². The molecule has 0 aliphatic carbocycles. The lowest BCUT2D eigenvalue weighted by Crippen LogP contribution is -2.25. The Morgan fingerprint density at radius 2 is 1.62 bits per heavy atom. The van der Waals surface area contributed by atoms with Crippen molar-refractivity contribution in [1.29, 1.82) is 0 Å². The van der Waals surface area contributed by atoms with E-state index in [0.29, 0.717) is 5.71 Å². The molecule has 0 unspecified atom stereocenters. The molecule has 6 heteroatoms. The maximum atomic E-state index is 10.6. The zero-order valence-electron chi connectivity index (χ0n) is 11.3. The van der Waals surface area contributed by atoms with Gasteiger partial charge in [0, 0.05) is 4.47 Å². The summed E-state index contributed by atoms with van der Waals surface area (Å²) in [5.74, 6) is 1.48. The van der Waals surface area contributed by atoms with Gasteiger partial charge in [-0.25, -0.2) is 10.2 Å². The summed E-state index contributed by atoms with van der Waals surface area (Å²) >= 11 is 3.37. The smallest absolute Gasteiger partial charge is 0.332 e. The van der Waals surface area contributed by atoms with Gasteiger partial charge < -0.3 is 10.5 Å². The van der Waals surface area contributed by atoms with E-state index in [4.69, 9.17) is 10.5 Å². The number of ether oxygens (including phenoxy) is 1. The normalized spacial score (nSPS) is 11.0. The van der Waals surface area contributed by atoms with Gasteiger partial charge in [-0.1, -0.05) is 15.9 Å². The summed E-state index contributed by atoms with van der Waals surface area (Å²) in [7, 11) is 0. The fourth-order valence-electron chi connectivity index (χ4n) is 1.61. The van der Waals surface area contributed by atoms with Gasteiger partial charge >= 0.3 is 6.03 Å². The minimum absolute atomic E-state index is 0.656. The third kappa shape index (κ3) is 4.61. The Balaban J connectivity index is 2.06. The van der Waals surface area contributed by atoms with Crippen LogP contribution in [0.25, 0.3) is 0 Å². The maximum absolute atomic E-state index is 10.6. The summed E-state index contributed by atoms with van der Waals surface area (Å²) in [6.07, 6.45) is 0. The lowest BCUT2D eigenvalue weighted by atomic mass is 10.1. The molecule has 5 nitrogen and oxygen atoms in total. The Hall–Kier alpha value is -2.34. The second kappa shape index (κ2) is 6.90. The van der Waals surface area contributed by atoms with Crippen LogP contribution in [0.1, 0.15) is 12.5 Å². The number of nitrogens with zero attached hydrogens (tertiary/aromatic N) is 1. The van der Waals surface area contributed by atoms with Crippen LogP contribution in [0.5, 0.6) is 11.5 Å². The molecule has 2 aromatic carbocycles. The predicted octanol–water partition coefficient (Wildman–Crippen LogP) is 3.63. The van der Waals surface area contributed by atoms with Crippen LogP contribution in [0.3, 0.4) is 0 Å². The van der Waals surface area contributed by atoms with Gasteiger partial charge in [0.2, 0.25) is 0 Å². The Morgan fingerprint density at radius 1 is 1.10 bits per heavy atom. The summed E-state index contributed by atoms with van der Waals surface area (Å²) in [6.45, 7) is 1.78. The lowest BCUT2D eigenvalue weighted by Gasteiger charge is -2.07. The number of carbonyl (C=O) groups is 1. The van der Waals surface area contributed by atoms with Crippen LogP contribution in [0.4, 0.5) is 4.79 Å². The topological polar surface area (TPSA) is 76.7 Å². The predicted molar refractivity (Wildman–Crippen MR) is 85.6 cm³/mol. The summed E-state index contributed by atoms with van der Waals surface area (Å²) in [5, 5.41) is 3.86. The van der Waals surface area contributed by atoms with Crippen LogP contribution in [-0.4, -0.2) is 11.7 Å². The molecule has 0 saturated heterocycles. The third-order valence-electron chi connectivity index (χ3n) is 2.66. The molecule has 0 heterocycles. The number of hydrogen-bond donors (Lipinski definition) is 2. The van der Waals surface area contributed by atoms with Gasteiger partial charge in [0.05, 0.1) is 5.71 Å². The van der Waals surface area contributed by atoms with Crippen molar-refractivity contribution in [2.24, 2.45) is 10.8 Å². The molecule has 2 aromatic rings. The highest BCUT2D eigenvalue weighted by Crippen LogP contribution is 2.23. The number of hydrogen-bond acceptors (Lipinski definition) is 3. The van der Waals surface area contributed by atoms with E-state index in [1.165, 1.54) is 0 Å². The molecule has 21 heavy (non-hydrogen) atoms. The van der Waals surface area contributed by atoms with E-state index in [9.17, 15) is 4.79 Å². The first-order valence-electron chi connectivity index (χ1n) is 6.18. The van der Waals surface area contributed by atoms with Crippen molar-refractivity contribution >= 4 is 27.7 Å². The summed E-state index contributed by atoms with van der Waals surface area (Å²) < 4.78 is 6.71. The molecular formula is C15H14BrN3O2. The molecule has 0 fully saturated rings. The average molecular weight is 348 g/mol. The Bertz CT molecular complexity index is 652. The van der Waals surface area contributed by atoms with E-state index in [1.54, 1.807) is 6.92 Å². The highest BCUT2D eigenvalue weighted by Gasteiger charge is 2.01. The largest absolute Gasteiger partial charge is 0.457 e. The number of nitrogens with one attached hydrogen (secondary N) is 1. The van der Waals surface area contributed by atoms with E-state index >= 15 is 0 Å². The first kappa shape index (κ1) is 15.1. The molecule has 0 aliphatic heterocycles. The number of amides is 2. The SMILES string of the molecule is CC(=NNC(N)=O)c1ccc(Oc2ccc(Br)cc2)cc1. The monoisotopic (exact) mass is 347 g/mol. The molecule has 0 aliphatic rings.